The van der Waals surface area contributed by atoms with E-state index in [1.165, 1.54) is 0 Å². The number of fused-ring (bicyclic) bond motifs is 1. The van der Waals surface area contributed by atoms with Gasteiger partial charge in [0.05, 0.1) is 22.3 Å². The molecule has 136 valence electrons. The Bertz CT molecular complexity index is 1140. The first-order valence-corrected chi connectivity index (χ1v) is 9.08. The number of pyridine rings is 1. The molecular formula is C19H16BrN5O2. The van der Waals surface area contributed by atoms with Crippen LogP contribution in [-0.4, -0.2) is 25.8 Å². The number of nitrogens with zero attached hydrogens (tertiary/aromatic N) is 4. The number of aromatic nitrogens is 4. The van der Waals surface area contributed by atoms with Crippen LogP contribution in [0.5, 0.6) is 0 Å². The average molecular weight is 426 g/mol. The molecule has 0 spiro atoms. The monoisotopic (exact) mass is 425 g/mol. The zero-order chi connectivity index (χ0) is 19.1. The Kier molecular flexibility index (Phi) is 4.27. The van der Waals surface area contributed by atoms with E-state index in [1.54, 1.807) is 17.7 Å². The second-order valence-electron chi connectivity index (χ2n) is 6.19. The number of nitrogens with one attached hydrogen (secondary N) is 1. The summed E-state index contributed by atoms with van der Waals surface area (Å²) in [5, 5.41) is 11.8. The van der Waals surface area contributed by atoms with E-state index >= 15 is 0 Å². The van der Waals surface area contributed by atoms with Crippen LogP contribution in [0, 0.1) is 13.8 Å². The lowest BCUT2D eigenvalue weighted by Gasteiger charge is -2.09. The summed E-state index contributed by atoms with van der Waals surface area (Å²) in [5.41, 5.74) is 4.03. The third-order valence-electron chi connectivity index (χ3n) is 4.34. The lowest BCUT2D eigenvalue weighted by atomic mass is 10.0. The van der Waals surface area contributed by atoms with E-state index in [0.29, 0.717) is 33.0 Å². The summed E-state index contributed by atoms with van der Waals surface area (Å²) in [4.78, 5) is 17.8. The highest BCUT2D eigenvalue weighted by Crippen LogP contribution is 2.29. The van der Waals surface area contributed by atoms with Crippen molar-refractivity contribution in [3.8, 4) is 11.3 Å². The largest absolute Gasteiger partial charge is 0.358 e. The number of amides is 1. The molecule has 4 aromatic rings. The van der Waals surface area contributed by atoms with Crippen molar-refractivity contribution >= 4 is 38.6 Å². The molecule has 0 bridgehead atoms. The van der Waals surface area contributed by atoms with E-state index < -0.39 is 0 Å². The molecule has 0 aliphatic rings. The van der Waals surface area contributed by atoms with Crippen LogP contribution in [0.3, 0.4) is 0 Å². The molecule has 4 rings (SSSR count). The van der Waals surface area contributed by atoms with Gasteiger partial charge in [-0.25, -0.2) is 4.98 Å². The van der Waals surface area contributed by atoms with Crippen molar-refractivity contribution in [3.05, 3.63) is 58.0 Å². The van der Waals surface area contributed by atoms with Gasteiger partial charge in [-0.05, 0) is 35.8 Å². The van der Waals surface area contributed by atoms with Gasteiger partial charge in [0.15, 0.2) is 16.0 Å². The molecule has 1 N–H and O–H groups in total. The molecule has 3 aromatic heterocycles. The number of carbonyl (C=O) groups is 1. The number of rotatable bonds is 3. The van der Waals surface area contributed by atoms with E-state index in [-0.39, 0.29) is 5.91 Å². The second-order valence-corrected chi connectivity index (χ2v) is 6.94. The summed E-state index contributed by atoms with van der Waals surface area (Å²) in [6.07, 6.45) is 0. The zero-order valence-corrected chi connectivity index (χ0v) is 16.5. The molecule has 0 saturated carbocycles. The normalized spacial score (nSPS) is 11.1. The van der Waals surface area contributed by atoms with Gasteiger partial charge in [0.2, 0.25) is 0 Å². The van der Waals surface area contributed by atoms with Gasteiger partial charge in [-0.15, -0.1) is 0 Å². The van der Waals surface area contributed by atoms with E-state index in [1.807, 2.05) is 44.3 Å². The van der Waals surface area contributed by atoms with Crippen molar-refractivity contribution in [1.82, 2.24) is 19.9 Å². The van der Waals surface area contributed by atoms with Crippen LogP contribution < -0.4 is 5.32 Å². The van der Waals surface area contributed by atoms with Gasteiger partial charge in [-0.2, -0.15) is 5.10 Å². The van der Waals surface area contributed by atoms with Gasteiger partial charge in [0, 0.05) is 12.6 Å². The van der Waals surface area contributed by atoms with Crippen molar-refractivity contribution in [2.75, 3.05) is 5.32 Å². The summed E-state index contributed by atoms with van der Waals surface area (Å²) < 4.78 is 7.24. The molecule has 8 heteroatoms. The number of benzene rings is 1. The predicted octanol–water partition coefficient (Wildman–Crippen LogP) is 4.25. The third kappa shape index (κ3) is 3.02. The van der Waals surface area contributed by atoms with Crippen molar-refractivity contribution in [2.24, 2.45) is 7.05 Å². The molecule has 0 fully saturated rings. The highest BCUT2D eigenvalue weighted by atomic mass is 79.9. The van der Waals surface area contributed by atoms with Gasteiger partial charge in [-0.3, -0.25) is 9.48 Å². The average Bonchev–Trinajstić information content (AvgIpc) is 3.14. The second kappa shape index (κ2) is 6.62. The minimum Gasteiger partial charge on any atom is -0.358 e. The predicted molar refractivity (Wildman–Crippen MR) is 106 cm³/mol. The van der Waals surface area contributed by atoms with Crippen molar-refractivity contribution < 1.29 is 9.32 Å². The van der Waals surface area contributed by atoms with Crippen LogP contribution in [0.2, 0.25) is 0 Å². The van der Waals surface area contributed by atoms with Gasteiger partial charge >= 0.3 is 0 Å². The maximum absolute atomic E-state index is 13.1. The lowest BCUT2D eigenvalue weighted by Crippen LogP contribution is -2.14. The molecule has 27 heavy (non-hydrogen) atoms. The quantitative estimate of drug-likeness (QED) is 0.529. The smallest absolute Gasteiger partial charge is 0.256 e. The maximum atomic E-state index is 13.1. The first-order valence-electron chi connectivity index (χ1n) is 8.28. The third-order valence-corrected chi connectivity index (χ3v) is 4.88. The number of carbonyl (C=O) groups excluding carboxylic acids is 1. The molecular weight excluding hydrogens is 410 g/mol. The van der Waals surface area contributed by atoms with Gasteiger partial charge in [0.25, 0.3) is 5.91 Å². The number of anilines is 1. The first kappa shape index (κ1) is 17.4. The molecule has 0 radical (unpaired) electrons. The minimum absolute atomic E-state index is 0.275. The highest BCUT2D eigenvalue weighted by molar-refractivity contribution is 9.10. The molecule has 3 heterocycles. The minimum atomic E-state index is -0.275. The molecule has 0 saturated heterocycles. The Morgan fingerprint density at radius 1 is 1.22 bits per heavy atom. The van der Waals surface area contributed by atoms with Crippen LogP contribution in [0.4, 0.5) is 5.69 Å². The lowest BCUT2D eigenvalue weighted by molar-refractivity contribution is 0.102. The topological polar surface area (TPSA) is 85.8 Å². The number of halogens is 1. The van der Waals surface area contributed by atoms with Crippen LogP contribution in [-0.2, 0) is 7.05 Å². The van der Waals surface area contributed by atoms with Crippen molar-refractivity contribution in [3.63, 3.8) is 0 Å². The summed E-state index contributed by atoms with van der Waals surface area (Å²) in [6, 6.07) is 11.5. The van der Waals surface area contributed by atoms with Crippen LogP contribution in [0.25, 0.3) is 22.3 Å². The van der Waals surface area contributed by atoms with Gasteiger partial charge in [-0.1, -0.05) is 35.5 Å². The Morgan fingerprint density at radius 2 is 1.96 bits per heavy atom. The summed E-state index contributed by atoms with van der Waals surface area (Å²) in [6.45, 7) is 3.60. The van der Waals surface area contributed by atoms with Gasteiger partial charge < -0.3 is 9.84 Å². The fourth-order valence-corrected chi connectivity index (χ4v) is 3.50. The summed E-state index contributed by atoms with van der Waals surface area (Å²) >= 11 is 3.29. The van der Waals surface area contributed by atoms with Gasteiger partial charge in [0.1, 0.15) is 5.69 Å². The Morgan fingerprint density at radius 3 is 2.63 bits per heavy atom. The number of aryl methyl sites for hydroxylation is 3. The van der Waals surface area contributed by atoms with Crippen molar-refractivity contribution in [1.29, 1.82) is 0 Å². The molecule has 0 atom stereocenters. The fraction of sp³-hybridized carbons (Fsp3) is 0.158. The Labute approximate surface area is 163 Å². The number of hydrogen-bond donors (Lipinski definition) is 1. The SMILES string of the molecule is Cc1onc(Br)c1NC(=O)c1cc(-c2ccccc2)nc2c1c(C)nn2C. The maximum Gasteiger partial charge on any atom is 0.256 e. The standard InChI is InChI=1S/C19H16BrN5O2/c1-10-15-13(19(26)22-16-11(2)27-24-17(16)20)9-14(12-7-5-4-6-8-12)21-18(15)25(3)23-10/h4-9H,1-3H3,(H,22,26). The van der Waals surface area contributed by atoms with E-state index in [0.717, 1.165) is 16.6 Å². The molecule has 7 nitrogen and oxygen atoms in total. The molecule has 0 aliphatic heterocycles. The number of hydrogen-bond acceptors (Lipinski definition) is 5. The molecule has 0 unspecified atom stereocenters. The molecule has 1 amide bonds. The van der Waals surface area contributed by atoms with E-state index in [9.17, 15) is 4.79 Å². The zero-order valence-electron chi connectivity index (χ0n) is 14.9. The summed E-state index contributed by atoms with van der Waals surface area (Å²) in [5.74, 6) is 0.245. The van der Waals surface area contributed by atoms with Crippen LogP contribution in [0.1, 0.15) is 21.8 Å². The van der Waals surface area contributed by atoms with E-state index in [4.69, 9.17) is 9.51 Å². The summed E-state index contributed by atoms with van der Waals surface area (Å²) in [7, 11) is 1.82. The van der Waals surface area contributed by atoms with E-state index in [2.05, 4.69) is 31.5 Å². The fourth-order valence-electron chi connectivity index (χ4n) is 3.05. The highest BCUT2D eigenvalue weighted by Gasteiger charge is 2.21. The Balaban J connectivity index is 1.89. The van der Waals surface area contributed by atoms with Crippen LogP contribution in [0.15, 0.2) is 45.5 Å². The Hall–Kier alpha value is -3.00. The molecule has 0 aliphatic carbocycles. The van der Waals surface area contributed by atoms with Crippen molar-refractivity contribution in [2.45, 2.75) is 13.8 Å². The molecule has 1 aromatic carbocycles. The first-order chi connectivity index (χ1) is 13.0. The van der Waals surface area contributed by atoms with Crippen LogP contribution >= 0.6 is 15.9 Å².